The summed E-state index contributed by atoms with van der Waals surface area (Å²) in [6.07, 6.45) is 11.1. The number of nitriles is 1. The van der Waals surface area contributed by atoms with Crippen LogP contribution in [0, 0.1) is 23.2 Å². The van der Waals surface area contributed by atoms with Gasteiger partial charge in [-0.05, 0) is 55.4 Å². The first-order chi connectivity index (χ1) is 22.8. The number of hydrogen-bond donors (Lipinski definition) is 0. The molecule has 0 saturated carbocycles. The summed E-state index contributed by atoms with van der Waals surface area (Å²) in [6, 6.07) is 10.6. The number of anilines is 2. The van der Waals surface area contributed by atoms with Gasteiger partial charge in [-0.1, -0.05) is 117 Å². The van der Waals surface area contributed by atoms with E-state index < -0.39 is 17.7 Å². The van der Waals surface area contributed by atoms with E-state index in [-0.39, 0.29) is 16.6 Å². The van der Waals surface area contributed by atoms with Gasteiger partial charge >= 0.3 is 0 Å². The number of nitrogens with zero attached hydrogens (tertiary/aromatic N) is 5. The molecular weight excluding hydrogens is 619 g/mol. The standard InChI is InChI=1S/C39H55N5O3S/c1-10-14-19-29(12-3)25-42(26-30(13-4)20-15-11-2)38-41-35(39(7,8)9)34(48-38)23-32-27(5)33(24-40)37(47)44(36(32)46)43(28(6)45)31-21-17-16-18-22-31/h16-18,21-23,29-30H,10-15,19-20,25-26H2,1-9H3/b32-23-. The first-order valence-electron chi connectivity index (χ1n) is 17.7. The Morgan fingerprint density at radius 3 is 2.00 bits per heavy atom. The average Bonchev–Trinajstić information content (AvgIpc) is 3.49. The summed E-state index contributed by atoms with van der Waals surface area (Å²) in [5.74, 6) is -0.892. The second-order valence-corrected chi connectivity index (χ2v) is 15.0. The Hall–Kier alpha value is -3.77. The quantitative estimate of drug-likeness (QED) is 0.130. The average molecular weight is 674 g/mol. The molecule has 0 aliphatic carbocycles. The molecule has 3 rings (SSSR count). The molecular formula is C39H55N5O3S. The predicted molar refractivity (Wildman–Crippen MR) is 197 cm³/mol. The molecule has 9 heteroatoms. The molecule has 2 heterocycles. The molecule has 2 aromatic rings. The molecule has 3 amide bonds. The maximum absolute atomic E-state index is 14.3. The maximum Gasteiger partial charge on any atom is 0.291 e. The molecule has 2 atom stereocenters. The molecule has 260 valence electrons. The Kier molecular flexibility index (Phi) is 14.2. The second-order valence-electron chi connectivity index (χ2n) is 14.0. The van der Waals surface area contributed by atoms with E-state index in [1.807, 2.05) is 6.07 Å². The fraction of sp³-hybridized carbons (Fsp3) is 0.564. The first-order valence-corrected chi connectivity index (χ1v) is 18.5. The smallest absolute Gasteiger partial charge is 0.291 e. The van der Waals surface area contributed by atoms with Crippen molar-refractivity contribution in [2.75, 3.05) is 23.0 Å². The van der Waals surface area contributed by atoms with E-state index in [1.54, 1.807) is 54.7 Å². The third-order valence-electron chi connectivity index (χ3n) is 9.16. The molecule has 0 fully saturated rings. The van der Waals surface area contributed by atoms with Gasteiger partial charge in [0, 0.05) is 31.0 Å². The number of carbonyl (C=O) groups is 3. The number of amides is 3. The van der Waals surface area contributed by atoms with Crippen molar-refractivity contribution in [3.63, 3.8) is 0 Å². The number of unbranched alkanes of at least 4 members (excludes halogenated alkanes) is 2. The van der Waals surface area contributed by atoms with Crippen LogP contribution in [0.5, 0.6) is 0 Å². The fourth-order valence-electron chi connectivity index (χ4n) is 6.17. The van der Waals surface area contributed by atoms with Crippen molar-refractivity contribution in [3.8, 4) is 6.07 Å². The van der Waals surface area contributed by atoms with Crippen LogP contribution in [0.15, 0.2) is 47.1 Å². The molecule has 0 bridgehead atoms. The minimum absolute atomic E-state index is 0.171. The van der Waals surface area contributed by atoms with E-state index in [0.717, 1.165) is 51.7 Å². The van der Waals surface area contributed by atoms with Gasteiger partial charge < -0.3 is 4.90 Å². The lowest BCUT2D eigenvalue weighted by Crippen LogP contribution is -2.55. The van der Waals surface area contributed by atoms with Gasteiger partial charge in [0.15, 0.2) is 5.13 Å². The summed E-state index contributed by atoms with van der Waals surface area (Å²) in [7, 11) is 0. The second kappa shape index (κ2) is 17.6. The Labute approximate surface area is 292 Å². The van der Waals surface area contributed by atoms with E-state index in [0.29, 0.717) is 23.1 Å². The number of hydrazine groups is 1. The zero-order chi connectivity index (χ0) is 35.6. The number of aromatic nitrogens is 1. The highest BCUT2D eigenvalue weighted by Crippen LogP contribution is 2.39. The molecule has 1 aliphatic rings. The highest BCUT2D eigenvalue weighted by Gasteiger charge is 2.41. The Bertz CT molecular complexity index is 1510. The summed E-state index contributed by atoms with van der Waals surface area (Å²) in [5.41, 5.74) is 1.19. The van der Waals surface area contributed by atoms with Crippen molar-refractivity contribution < 1.29 is 14.4 Å². The highest BCUT2D eigenvalue weighted by molar-refractivity contribution is 7.16. The third kappa shape index (κ3) is 9.22. The summed E-state index contributed by atoms with van der Waals surface area (Å²) in [5, 5.41) is 12.9. The molecule has 1 aromatic heterocycles. The van der Waals surface area contributed by atoms with Crippen LogP contribution in [0.25, 0.3) is 6.08 Å². The van der Waals surface area contributed by atoms with Crippen LogP contribution in [0.2, 0.25) is 0 Å². The van der Waals surface area contributed by atoms with Gasteiger partial charge in [0.2, 0.25) is 5.91 Å². The van der Waals surface area contributed by atoms with Crippen LogP contribution in [-0.4, -0.2) is 40.8 Å². The lowest BCUT2D eigenvalue weighted by Gasteiger charge is -2.35. The zero-order valence-corrected chi connectivity index (χ0v) is 31.4. The van der Waals surface area contributed by atoms with Crippen molar-refractivity contribution in [2.24, 2.45) is 11.8 Å². The van der Waals surface area contributed by atoms with E-state index in [4.69, 9.17) is 4.98 Å². The van der Waals surface area contributed by atoms with Crippen molar-refractivity contribution >= 4 is 46.0 Å². The van der Waals surface area contributed by atoms with Gasteiger partial charge in [-0.25, -0.2) is 9.99 Å². The third-order valence-corrected chi connectivity index (χ3v) is 10.2. The van der Waals surface area contributed by atoms with Crippen molar-refractivity contribution in [2.45, 2.75) is 119 Å². The number of hydrogen-bond acceptors (Lipinski definition) is 7. The number of carbonyl (C=O) groups excluding carboxylic acids is 3. The molecule has 48 heavy (non-hydrogen) atoms. The number of benzene rings is 1. The summed E-state index contributed by atoms with van der Waals surface area (Å²) in [4.78, 5) is 49.4. The monoisotopic (exact) mass is 673 g/mol. The molecule has 1 aromatic carbocycles. The van der Waals surface area contributed by atoms with E-state index >= 15 is 0 Å². The topological polar surface area (TPSA) is 97.6 Å². The van der Waals surface area contributed by atoms with Crippen LogP contribution in [0.1, 0.15) is 124 Å². The minimum atomic E-state index is -0.821. The van der Waals surface area contributed by atoms with Crippen LogP contribution < -0.4 is 9.91 Å². The van der Waals surface area contributed by atoms with Crippen molar-refractivity contribution in [1.82, 2.24) is 9.99 Å². The molecule has 8 nitrogen and oxygen atoms in total. The van der Waals surface area contributed by atoms with Gasteiger partial charge in [0.25, 0.3) is 11.8 Å². The lowest BCUT2D eigenvalue weighted by atomic mass is 9.89. The molecule has 2 unspecified atom stereocenters. The van der Waals surface area contributed by atoms with Gasteiger partial charge in [-0.3, -0.25) is 14.4 Å². The summed E-state index contributed by atoms with van der Waals surface area (Å²) in [6.45, 7) is 20.1. The van der Waals surface area contributed by atoms with Crippen LogP contribution >= 0.6 is 11.3 Å². The molecule has 0 radical (unpaired) electrons. The Balaban J connectivity index is 2.21. The first kappa shape index (κ1) is 38.7. The number of thiazole rings is 1. The van der Waals surface area contributed by atoms with Gasteiger partial charge in [0.05, 0.1) is 16.3 Å². The van der Waals surface area contributed by atoms with E-state index in [9.17, 15) is 19.6 Å². The van der Waals surface area contributed by atoms with Crippen LogP contribution in [0.4, 0.5) is 10.8 Å². The fourth-order valence-corrected chi connectivity index (χ4v) is 7.41. The zero-order valence-electron chi connectivity index (χ0n) is 30.6. The molecule has 0 N–H and O–H groups in total. The van der Waals surface area contributed by atoms with Crippen LogP contribution in [0.3, 0.4) is 0 Å². The predicted octanol–water partition coefficient (Wildman–Crippen LogP) is 9.24. The maximum atomic E-state index is 14.3. The van der Waals surface area contributed by atoms with Crippen LogP contribution in [-0.2, 0) is 19.8 Å². The number of imide groups is 1. The number of rotatable bonds is 16. The van der Waals surface area contributed by atoms with Crippen molar-refractivity contribution in [3.05, 3.63) is 57.6 Å². The molecule has 0 saturated heterocycles. The van der Waals surface area contributed by atoms with E-state index in [1.165, 1.54) is 45.4 Å². The van der Waals surface area contributed by atoms with E-state index in [2.05, 4.69) is 53.4 Å². The summed E-state index contributed by atoms with van der Waals surface area (Å²) >= 11 is 1.56. The van der Waals surface area contributed by atoms with Gasteiger partial charge in [-0.2, -0.15) is 10.3 Å². The summed E-state index contributed by atoms with van der Waals surface area (Å²) < 4.78 is 0. The van der Waals surface area contributed by atoms with Crippen molar-refractivity contribution in [1.29, 1.82) is 5.26 Å². The molecule has 1 aliphatic heterocycles. The normalized spacial score (nSPS) is 15.9. The lowest BCUT2D eigenvalue weighted by molar-refractivity contribution is -0.144. The highest BCUT2D eigenvalue weighted by atomic mass is 32.1. The SMILES string of the molecule is CCCCC(CC)CN(CC(CC)CCCC)c1nc(C(C)(C)C)c(/C=C2\C(=O)N(N(C(C)=O)c3ccccc3)C(=O)C(C#N)=C2C)s1. The Morgan fingerprint density at radius 2 is 1.54 bits per heavy atom. The van der Waals surface area contributed by atoms with Gasteiger partial charge in [-0.15, -0.1) is 0 Å². The number of para-hydroxylation sites is 1. The Morgan fingerprint density at radius 1 is 0.979 bits per heavy atom. The minimum Gasteiger partial charge on any atom is -0.348 e. The largest absolute Gasteiger partial charge is 0.348 e. The van der Waals surface area contributed by atoms with Gasteiger partial charge in [0.1, 0.15) is 11.6 Å². The molecule has 0 spiro atoms.